The molecule has 0 saturated carbocycles. The summed E-state index contributed by atoms with van der Waals surface area (Å²) in [5, 5.41) is 2.72. The lowest BCUT2D eigenvalue weighted by atomic mass is 10.2. The van der Waals surface area contributed by atoms with Gasteiger partial charge in [-0.05, 0) is 12.5 Å². The molecule has 9 heteroatoms. The van der Waals surface area contributed by atoms with Crippen molar-refractivity contribution in [2.75, 3.05) is 26.8 Å². The van der Waals surface area contributed by atoms with Crippen molar-refractivity contribution in [1.29, 1.82) is 0 Å². The number of carbonyl (C=O) groups is 1. The molecule has 1 heterocycles. The number of imidazole rings is 1. The molecule has 0 spiro atoms. The Bertz CT molecular complexity index is 910. The van der Waals surface area contributed by atoms with Crippen molar-refractivity contribution < 1.29 is 17.9 Å². The lowest BCUT2D eigenvalue weighted by Gasteiger charge is -2.22. The number of nitrogens with one attached hydrogen (secondary N) is 1. The number of hydrogen-bond acceptors (Lipinski definition) is 5. The van der Waals surface area contributed by atoms with Gasteiger partial charge in [-0.1, -0.05) is 36.4 Å². The third-order valence-corrected chi connectivity index (χ3v) is 5.81. The second kappa shape index (κ2) is 10.8. The first-order valence-electron chi connectivity index (χ1n) is 9.36. The number of ether oxygens (including phenoxy) is 1. The zero-order valence-corrected chi connectivity index (χ0v) is 17.7. The average Bonchev–Trinajstić information content (AvgIpc) is 3.10. The molecule has 158 valence electrons. The van der Waals surface area contributed by atoms with Gasteiger partial charge in [0.2, 0.25) is 15.0 Å². The van der Waals surface area contributed by atoms with E-state index in [4.69, 9.17) is 4.74 Å². The standard InChI is InChI=1S/C20H28N4O4S/c1-4-11-23(19(25)21-5-2)15-18-14-22-20(24(18)12-13-28-3)29(26,27)16-17-9-7-6-8-10-17/h4,6-10,14H,1,5,11-13,15-16H2,2-3H3,(H,21,25). The predicted octanol–water partition coefficient (Wildman–Crippen LogP) is 2.22. The van der Waals surface area contributed by atoms with E-state index in [1.54, 1.807) is 46.9 Å². The molecule has 0 saturated heterocycles. The van der Waals surface area contributed by atoms with Gasteiger partial charge >= 0.3 is 6.03 Å². The van der Waals surface area contributed by atoms with Crippen molar-refractivity contribution in [1.82, 2.24) is 19.8 Å². The van der Waals surface area contributed by atoms with Gasteiger partial charge in [-0.25, -0.2) is 18.2 Å². The molecule has 2 amide bonds. The molecular weight excluding hydrogens is 392 g/mol. The van der Waals surface area contributed by atoms with Crippen molar-refractivity contribution in [3.05, 3.63) is 60.4 Å². The highest BCUT2D eigenvalue weighted by Gasteiger charge is 2.25. The van der Waals surface area contributed by atoms with Crippen LogP contribution < -0.4 is 5.32 Å². The summed E-state index contributed by atoms with van der Waals surface area (Å²) in [5.41, 5.74) is 1.30. The largest absolute Gasteiger partial charge is 0.383 e. The van der Waals surface area contributed by atoms with E-state index in [1.165, 1.54) is 6.20 Å². The summed E-state index contributed by atoms with van der Waals surface area (Å²) in [4.78, 5) is 18.0. The Hall–Kier alpha value is -2.65. The number of methoxy groups -OCH3 is 1. The zero-order valence-electron chi connectivity index (χ0n) is 16.9. The maximum Gasteiger partial charge on any atom is 0.318 e. The van der Waals surface area contributed by atoms with Crippen molar-refractivity contribution >= 4 is 15.9 Å². The summed E-state index contributed by atoms with van der Waals surface area (Å²) in [6, 6.07) is 8.72. The Kier molecular flexibility index (Phi) is 8.41. The normalized spacial score (nSPS) is 11.2. The highest BCUT2D eigenvalue weighted by Crippen LogP contribution is 2.19. The molecule has 1 aromatic carbocycles. The van der Waals surface area contributed by atoms with Crippen LogP contribution in [0.15, 0.2) is 54.3 Å². The predicted molar refractivity (Wildman–Crippen MR) is 111 cm³/mol. The third-order valence-electron chi connectivity index (χ3n) is 4.22. The quantitative estimate of drug-likeness (QED) is 0.563. The van der Waals surface area contributed by atoms with Gasteiger partial charge in [0, 0.05) is 26.7 Å². The number of aromatic nitrogens is 2. The van der Waals surface area contributed by atoms with Crippen molar-refractivity contribution in [3.8, 4) is 0 Å². The Morgan fingerprint density at radius 1 is 1.34 bits per heavy atom. The van der Waals surface area contributed by atoms with Gasteiger partial charge < -0.3 is 19.5 Å². The zero-order chi connectivity index (χ0) is 21.3. The molecule has 0 unspecified atom stereocenters. The summed E-state index contributed by atoms with van der Waals surface area (Å²) in [6.45, 7) is 7.18. The van der Waals surface area contributed by atoms with Crippen LogP contribution in [0.4, 0.5) is 4.79 Å². The topological polar surface area (TPSA) is 93.5 Å². The first-order chi connectivity index (χ1) is 13.9. The summed E-state index contributed by atoms with van der Waals surface area (Å²) < 4.78 is 32.8. The first-order valence-corrected chi connectivity index (χ1v) is 11.0. The summed E-state index contributed by atoms with van der Waals surface area (Å²) in [6.07, 6.45) is 3.13. The van der Waals surface area contributed by atoms with Crippen LogP contribution in [0.2, 0.25) is 0 Å². The van der Waals surface area contributed by atoms with Crippen LogP contribution in [0.3, 0.4) is 0 Å². The maximum atomic E-state index is 13.0. The average molecular weight is 421 g/mol. The number of urea groups is 1. The molecule has 0 atom stereocenters. The Morgan fingerprint density at radius 2 is 2.07 bits per heavy atom. The number of hydrogen-bond donors (Lipinski definition) is 1. The van der Waals surface area contributed by atoms with Gasteiger partial charge in [0.25, 0.3) is 0 Å². The molecule has 1 aromatic heterocycles. The molecule has 0 radical (unpaired) electrons. The molecule has 0 aliphatic carbocycles. The van der Waals surface area contributed by atoms with Crippen LogP contribution in [0.1, 0.15) is 18.2 Å². The van der Waals surface area contributed by atoms with Gasteiger partial charge in [-0.2, -0.15) is 0 Å². The highest BCUT2D eigenvalue weighted by molar-refractivity contribution is 7.90. The lowest BCUT2D eigenvalue weighted by molar-refractivity contribution is 0.180. The minimum Gasteiger partial charge on any atom is -0.383 e. The molecule has 2 rings (SSSR count). The lowest BCUT2D eigenvalue weighted by Crippen LogP contribution is -2.40. The molecule has 0 aliphatic heterocycles. The number of sulfone groups is 1. The summed E-state index contributed by atoms with van der Waals surface area (Å²) in [5.74, 6) is -0.149. The van der Waals surface area contributed by atoms with E-state index < -0.39 is 9.84 Å². The molecule has 0 aliphatic rings. The van der Waals surface area contributed by atoms with E-state index in [1.807, 2.05) is 13.0 Å². The van der Waals surface area contributed by atoms with E-state index in [-0.39, 0.29) is 23.5 Å². The third kappa shape index (κ3) is 6.16. The number of benzene rings is 1. The maximum absolute atomic E-state index is 13.0. The van der Waals surface area contributed by atoms with Gasteiger partial charge in [0.1, 0.15) is 0 Å². The fraction of sp³-hybridized carbons (Fsp3) is 0.400. The Labute approximate surface area is 172 Å². The number of amides is 2. The van der Waals surface area contributed by atoms with E-state index >= 15 is 0 Å². The Balaban J connectivity index is 2.35. The van der Waals surface area contributed by atoms with Crippen LogP contribution in [0.25, 0.3) is 0 Å². The fourth-order valence-electron chi connectivity index (χ4n) is 2.88. The molecule has 29 heavy (non-hydrogen) atoms. The smallest absolute Gasteiger partial charge is 0.318 e. The molecule has 8 nitrogen and oxygen atoms in total. The molecule has 0 bridgehead atoms. The van der Waals surface area contributed by atoms with E-state index in [0.717, 1.165) is 0 Å². The van der Waals surface area contributed by atoms with Crippen molar-refractivity contribution in [2.45, 2.75) is 30.9 Å². The van der Waals surface area contributed by atoms with Gasteiger partial charge in [0.05, 0.1) is 30.8 Å². The monoisotopic (exact) mass is 420 g/mol. The van der Waals surface area contributed by atoms with Crippen molar-refractivity contribution in [2.24, 2.45) is 0 Å². The van der Waals surface area contributed by atoms with Gasteiger partial charge in [-0.3, -0.25) is 0 Å². The fourth-order valence-corrected chi connectivity index (χ4v) is 4.40. The van der Waals surface area contributed by atoms with Crippen LogP contribution in [-0.2, 0) is 33.4 Å². The number of carbonyl (C=O) groups excluding carboxylic acids is 1. The minimum atomic E-state index is -3.68. The van der Waals surface area contributed by atoms with E-state index in [9.17, 15) is 13.2 Å². The molecular formula is C20H28N4O4S. The van der Waals surface area contributed by atoms with E-state index in [2.05, 4.69) is 16.9 Å². The summed E-state index contributed by atoms with van der Waals surface area (Å²) >= 11 is 0. The van der Waals surface area contributed by atoms with Gasteiger partial charge in [0.15, 0.2) is 0 Å². The van der Waals surface area contributed by atoms with Crippen molar-refractivity contribution in [3.63, 3.8) is 0 Å². The van der Waals surface area contributed by atoms with Crippen LogP contribution in [-0.4, -0.2) is 55.7 Å². The summed E-state index contributed by atoms with van der Waals surface area (Å²) in [7, 11) is -2.13. The molecule has 2 aromatic rings. The number of nitrogens with zero attached hydrogens (tertiary/aromatic N) is 3. The molecule has 0 fully saturated rings. The second-order valence-corrected chi connectivity index (χ2v) is 8.31. The van der Waals surface area contributed by atoms with Crippen LogP contribution in [0.5, 0.6) is 0 Å². The number of rotatable bonds is 11. The van der Waals surface area contributed by atoms with Crippen LogP contribution in [0, 0.1) is 0 Å². The molecule has 1 N–H and O–H groups in total. The van der Waals surface area contributed by atoms with Crippen LogP contribution >= 0.6 is 0 Å². The van der Waals surface area contributed by atoms with Gasteiger partial charge in [-0.15, -0.1) is 6.58 Å². The second-order valence-electron chi connectivity index (χ2n) is 6.43. The van der Waals surface area contributed by atoms with E-state index in [0.29, 0.717) is 37.5 Å². The highest BCUT2D eigenvalue weighted by atomic mass is 32.2. The SMILES string of the molecule is C=CCN(Cc1cnc(S(=O)(=O)Cc2ccccc2)n1CCOC)C(=O)NCC. The minimum absolute atomic E-state index is 0.0251. The Morgan fingerprint density at radius 3 is 2.69 bits per heavy atom. The first kappa shape index (κ1) is 22.6.